The molecule has 3 heterocycles. The number of alkyl halides is 3. The molecule has 0 aliphatic rings. The van der Waals surface area contributed by atoms with Gasteiger partial charge in [-0.2, -0.15) is 22.5 Å². The summed E-state index contributed by atoms with van der Waals surface area (Å²) in [6.45, 7) is 5.71. The number of thiophene rings is 1. The van der Waals surface area contributed by atoms with Crippen LogP contribution < -0.4 is 5.32 Å². The first-order chi connectivity index (χ1) is 14.1. The minimum absolute atomic E-state index is 0.0792. The molecule has 4 rings (SSSR count). The number of aromatic nitrogens is 3. The quantitative estimate of drug-likeness (QED) is 0.417. The Morgan fingerprint density at radius 2 is 1.83 bits per heavy atom. The Balaban J connectivity index is 1.64. The fourth-order valence-electron chi connectivity index (χ4n) is 3.30. The van der Waals surface area contributed by atoms with Crippen molar-refractivity contribution in [2.24, 2.45) is 0 Å². The molecule has 0 unspecified atom stereocenters. The van der Waals surface area contributed by atoms with Crippen molar-refractivity contribution in [1.82, 2.24) is 14.3 Å². The number of nitrogens with zero attached hydrogens (tertiary/aromatic N) is 3. The molecule has 0 aliphatic heterocycles. The number of carbonyl (C=O) groups excluding carboxylic acids is 1. The number of aryl methyl sites for hydroxylation is 3. The van der Waals surface area contributed by atoms with Gasteiger partial charge in [0.25, 0.3) is 5.91 Å². The van der Waals surface area contributed by atoms with Crippen LogP contribution >= 0.6 is 22.9 Å². The second-order valence-corrected chi connectivity index (χ2v) is 8.49. The van der Waals surface area contributed by atoms with Gasteiger partial charge in [-0.3, -0.25) is 10.1 Å². The van der Waals surface area contributed by atoms with Crippen LogP contribution in [0.25, 0.3) is 21.6 Å². The van der Waals surface area contributed by atoms with Crippen molar-refractivity contribution in [3.8, 4) is 11.4 Å². The van der Waals surface area contributed by atoms with E-state index in [0.717, 1.165) is 44.6 Å². The molecule has 0 radical (unpaired) electrons. The van der Waals surface area contributed by atoms with Gasteiger partial charge in [-0.05, 0) is 44.0 Å². The first-order valence-electron chi connectivity index (χ1n) is 8.84. The molecule has 4 aromatic rings. The number of nitrogens with one attached hydrogen (secondary N) is 1. The van der Waals surface area contributed by atoms with Gasteiger partial charge < -0.3 is 0 Å². The van der Waals surface area contributed by atoms with Crippen LogP contribution in [-0.2, 0) is 6.18 Å². The van der Waals surface area contributed by atoms with E-state index in [4.69, 9.17) is 0 Å². The van der Waals surface area contributed by atoms with E-state index >= 15 is 0 Å². The molecule has 1 amide bonds. The Bertz CT molecular complexity index is 1280. The number of fused-ring (bicyclic) bond motifs is 1. The SMILES string of the molecule is Cc1cc(C)c2c(C)c(C(=O)Nc3nc(-c4ccccc4C(F)(F)F)ns3)sc2n1. The molecule has 10 heteroatoms. The maximum atomic E-state index is 13.3. The lowest BCUT2D eigenvalue weighted by Gasteiger charge is -2.09. The largest absolute Gasteiger partial charge is 0.417 e. The minimum atomic E-state index is -4.53. The van der Waals surface area contributed by atoms with Crippen LogP contribution in [-0.4, -0.2) is 20.2 Å². The summed E-state index contributed by atoms with van der Waals surface area (Å²) in [7, 11) is 0. The second kappa shape index (κ2) is 7.44. The molecule has 0 fully saturated rings. The fraction of sp³-hybridized carbons (Fsp3) is 0.200. The highest BCUT2D eigenvalue weighted by Gasteiger charge is 2.34. The van der Waals surface area contributed by atoms with Crippen molar-refractivity contribution in [2.45, 2.75) is 26.9 Å². The van der Waals surface area contributed by atoms with Crippen LogP contribution in [0.5, 0.6) is 0 Å². The van der Waals surface area contributed by atoms with Crippen molar-refractivity contribution >= 4 is 44.1 Å². The predicted octanol–water partition coefficient (Wildman–Crippen LogP) is 6.01. The Hall–Kier alpha value is -2.85. The molecule has 0 aliphatic carbocycles. The third-order valence-electron chi connectivity index (χ3n) is 4.55. The molecule has 0 bridgehead atoms. The number of hydrogen-bond donors (Lipinski definition) is 1. The maximum absolute atomic E-state index is 13.3. The number of anilines is 1. The summed E-state index contributed by atoms with van der Waals surface area (Å²) < 4.78 is 43.8. The van der Waals surface area contributed by atoms with E-state index < -0.39 is 11.7 Å². The van der Waals surface area contributed by atoms with Gasteiger partial charge in [-0.25, -0.2) is 4.98 Å². The van der Waals surface area contributed by atoms with Gasteiger partial charge in [-0.15, -0.1) is 11.3 Å². The molecule has 0 saturated carbocycles. The standard InChI is InChI=1S/C20H15F3N4OS2/c1-9-8-10(2)24-18-14(9)11(3)15(29-18)17(28)26-19-25-16(27-30-19)12-6-4-5-7-13(12)20(21,22)23/h4-8H,1-3H3,(H,25,26,27,28). The van der Waals surface area contributed by atoms with Crippen LogP contribution in [0.1, 0.15) is 32.1 Å². The zero-order valence-electron chi connectivity index (χ0n) is 16.1. The molecule has 0 saturated heterocycles. The molecule has 1 aromatic carbocycles. The molecule has 0 spiro atoms. The average molecular weight is 448 g/mol. The lowest BCUT2D eigenvalue weighted by Crippen LogP contribution is -2.11. The summed E-state index contributed by atoms with van der Waals surface area (Å²) in [5.41, 5.74) is 1.76. The Morgan fingerprint density at radius 1 is 1.10 bits per heavy atom. The second-order valence-electron chi connectivity index (χ2n) is 6.74. The van der Waals surface area contributed by atoms with E-state index in [9.17, 15) is 18.0 Å². The summed E-state index contributed by atoms with van der Waals surface area (Å²) in [4.78, 5) is 22.6. The van der Waals surface area contributed by atoms with E-state index in [2.05, 4.69) is 19.7 Å². The summed E-state index contributed by atoms with van der Waals surface area (Å²) in [6, 6.07) is 7.04. The first-order valence-corrected chi connectivity index (χ1v) is 10.4. The van der Waals surface area contributed by atoms with Crippen LogP contribution in [0.3, 0.4) is 0 Å². The summed E-state index contributed by atoms with van der Waals surface area (Å²) in [5, 5.41) is 3.72. The average Bonchev–Trinajstić information content (AvgIpc) is 3.25. The minimum Gasteiger partial charge on any atom is -0.296 e. The van der Waals surface area contributed by atoms with Crippen LogP contribution in [0.2, 0.25) is 0 Å². The van der Waals surface area contributed by atoms with E-state index in [1.54, 1.807) is 0 Å². The highest BCUT2D eigenvalue weighted by molar-refractivity contribution is 7.20. The Labute approximate surface area is 177 Å². The lowest BCUT2D eigenvalue weighted by molar-refractivity contribution is -0.137. The predicted molar refractivity (Wildman–Crippen MR) is 112 cm³/mol. The zero-order valence-corrected chi connectivity index (χ0v) is 17.7. The summed E-state index contributed by atoms with van der Waals surface area (Å²) in [5.74, 6) is -0.469. The molecular formula is C20H15F3N4OS2. The van der Waals surface area contributed by atoms with Crippen molar-refractivity contribution in [2.75, 3.05) is 5.32 Å². The molecule has 154 valence electrons. The maximum Gasteiger partial charge on any atom is 0.417 e. The van der Waals surface area contributed by atoms with E-state index in [-0.39, 0.29) is 22.4 Å². The summed E-state index contributed by atoms with van der Waals surface area (Å²) >= 11 is 2.11. The number of hydrogen-bond acceptors (Lipinski definition) is 6. The third kappa shape index (κ3) is 3.68. The van der Waals surface area contributed by atoms with E-state index in [1.165, 1.54) is 29.5 Å². The highest BCUT2D eigenvalue weighted by atomic mass is 32.1. The Kier molecular flexibility index (Phi) is 5.07. The third-order valence-corrected chi connectivity index (χ3v) is 6.37. The van der Waals surface area contributed by atoms with E-state index in [1.807, 2.05) is 26.8 Å². The Morgan fingerprint density at radius 3 is 2.57 bits per heavy atom. The molecule has 5 nitrogen and oxygen atoms in total. The number of halogens is 3. The van der Waals surface area contributed by atoms with Crippen molar-refractivity contribution in [3.63, 3.8) is 0 Å². The van der Waals surface area contributed by atoms with Gasteiger partial charge in [0.1, 0.15) is 4.83 Å². The van der Waals surface area contributed by atoms with Crippen molar-refractivity contribution in [1.29, 1.82) is 0 Å². The van der Waals surface area contributed by atoms with Gasteiger partial charge in [0, 0.05) is 28.2 Å². The monoisotopic (exact) mass is 448 g/mol. The van der Waals surface area contributed by atoms with Gasteiger partial charge in [0.05, 0.1) is 10.4 Å². The number of benzene rings is 1. The molecule has 0 atom stereocenters. The van der Waals surface area contributed by atoms with E-state index in [0.29, 0.717) is 4.88 Å². The normalized spacial score (nSPS) is 11.8. The van der Waals surface area contributed by atoms with Crippen molar-refractivity contribution < 1.29 is 18.0 Å². The van der Waals surface area contributed by atoms with Crippen molar-refractivity contribution in [3.05, 3.63) is 57.6 Å². The molecule has 3 aromatic heterocycles. The van der Waals surface area contributed by atoms with Gasteiger partial charge >= 0.3 is 6.18 Å². The summed E-state index contributed by atoms with van der Waals surface area (Å²) in [6.07, 6.45) is -4.53. The fourth-order valence-corrected chi connectivity index (χ4v) is 5.07. The van der Waals surface area contributed by atoms with Crippen LogP contribution in [0.4, 0.5) is 18.3 Å². The number of rotatable bonds is 3. The van der Waals surface area contributed by atoms with Gasteiger partial charge in [0.15, 0.2) is 5.82 Å². The number of pyridine rings is 1. The molecule has 1 N–H and O–H groups in total. The lowest BCUT2D eigenvalue weighted by atomic mass is 10.1. The first kappa shape index (κ1) is 20.4. The smallest absolute Gasteiger partial charge is 0.296 e. The molecular weight excluding hydrogens is 433 g/mol. The molecule has 30 heavy (non-hydrogen) atoms. The number of carbonyl (C=O) groups is 1. The van der Waals surface area contributed by atoms with Crippen LogP contribution in [0, 0.1) is 20.8 Å². The highest BCUT2D eigenvalue weighted by Crippen LogP contribution is 2.37. The zero-order chi connectivity index (χ0) is 21.6. The van der Waals surface area contributed by atoms with Gasteiger partial charge in [0.2, 0.25) is 5.13 Å². The topological polar surface area (TPSA) is 67.8 Å². The number of amides is 1. The van der Waals surface area contributed by atoms with Gasteiger partial charge in [-0.1, -0.05) is 18.2 Å². The van der Waals surface area contributed by atoms with Crippen LogP contribution in [0.15, 0.2) is 30.3 Å².